The van der Waals surface area contributed by atoms with Crippen LogP contribution in [-0.2, 0) is 16.1 Å². The molecular formula is C13H19NO2. The van der Waals surface area contributed by atoms with E-state index in [-0.39, 0.29) is 5.97 Å². The third-order valence-electron chi connectivity index (χ3n) is 2.38. The second-order valence-electron chi connectivity index (χ2n) is 3.83. The number of pyridine rings is 1. The molecule has 0 fully saturated rings. The molecule has 0 aliphatic heterocycles. The number of carbonyl (C=O) groups excluding carboxylic acids is 1. The average molecular weight is 221 g/mol. The Hall–Kier alpha value is -1.38. The number of rotatable bonds is 7. The molecular weight excluding hydrogens is 202 g/mol. The maximum Gasteiger partial charge on any atom is 0.306 e. The molecule has 0 aliphatic carbocycles. The maximum atomic E-state index is 11.3. The first kappa shape index (κ1) is 12.7. The number of hydrogen-bond acceptors (Lipinski definition) is 3. The summed E-state index contributed by atoms with van der Waals surface area (Å²) >= 11 is 0. The van der Waals surface area contributed by atoms with Crippen molar-refractivity contribution in [1.82, 2.24) is 4.98 Å². The van der Waals surface area contributed by atoms with Crippen molar-refractivity contribution in [3.05, 3.63) is 30.1 Å². The van der Waals surface area contributed by atoms with Gasteiger partial charge in [-0.25, -0.2) is 0 Å². The zero-order valence-corrected chi connectivity index (χ0v) is 9.82. The molecule has 1 aromatic heterocycles. The fraction of sp³-hybridized carbons (Fsp3) is 0.538. The van der Waals surface area contributed by atoms with Crippen molar-refractivity contribution < 1.29 is 9.53 Å². The second-order valence-corrected chi connectivity index (χ2v) is 3.83. The number of hydrogen-bond donors (Lipinski definition) is 0. The summed E-state index contributed by atoms with van der Waals surface area (Å²) < 4.78 is 5.14. The molecule has 0 N–H and O–H groups in total. The van der Waals surface area contributed by atoms with Gasteiger partial charge in [0.05, 0.1) is 0 Å². The van der Waals surface area contributed by atoms with E-state index in [1.54, 1.807) is 12.4 Å². The number of esters is 1. The summed E-state index contributed by atoms with van der Waals surface area (Å²) in [6.07, 6.45) is 8.35. The van der Waals surface area contributed by atoms with Gasteiger partial charge in [-0.3, -0.25) is 9.78 Å². The minimum atomic E-state index is -0.104. The highest BCUT2D eigenvalue weighted by Gasteiger charge is 2.02. The van der Waals surface area contributed by atoms with Gasteiger partial charge in [0, 0.05) is 18.8 Å². The molecule has 1 heterocycles. The molecule has 0 aromatic carbocycles. The Morgan fingerprint density at radius 3 is 2.69 bits per heavy atom. The molecule has 1 rings (SSSR count). The van der Waals surface area contributed by atoms with Gasteiger partial charge in [0.25, 0.3) is 0 Å². The van der Waals surface area contributed by atoms with Crippen LogP contribution in [0.5, 0.6) is 0 Å². The number of unbranched alkanes of at least 4 members (excludes halogenated alkanes) is 3. The molecule has 0 unspecified atom stereocenters. The molecule has 1 aromatic rings. The summed E-state index contributed by atoms with van der Waals surface area (Å²) in [6, 6.07) is 3.70. The molecule has 0 bridgehead atoms. The highest BCUT2D eigenvalue weighted by Crippen LogP contribution is 2.05. The van der Waals surface area contributed by atoms with E-state index in [9.17, 15) is 4.79 Å². The standard InChI is InChI=1S/C13H19NO2/c1-2-3-4-5-6-13(15)16-11-12-7-9-14-10-8-12/h7-10H,2-6,11H2,1H3. The van der Waals surface area contributed by atoms with Crippen molar-refractivity contribution in [3.8, 4) is 0 Å². The Bertz CT molecular complexity index is 298. The van der Waals surface area contributed by atoms with E-state index in [0.717, 1.165) is 18.4 Å². The van der Waals surface area contributed by atoms with Crippen LogP contribution in [0.1, 0.15) is 44.6 Å². The van der Waals surface area contributed by atoms with E-state index in [4.69, 9.17) is 4.74 Å². The van der Waals surface area contributed by atoms with Crippen LogP contribution >= 0.6 is 0 Å². The fourth-order valence-electron chi connectivity index (χ4n) is 1.41. The largest absolute Gasteiger partial charge is 0.461 e. The zero-order valence-electron chi connectivity index (χ0n) is 9.82. The quantitative estimate of drug-likeness (QED) is 0.524. The van der Waals surface area contributed by atoms with Gasteiger partial charge in [-0.05, 0) is 24.1 Å². The second kappa shape index (κ2) is 7.85. The summed E-state index contributed by atoms with van der Waals surface area (Å²) in [4.78, 5) is 15.2. The zero-order chi connectivity index (χ0) is 11.6. The molecule has 0 radical (unpaired) electrons. The summed E-state index contributed by atoms with van der Waals surface area (Å²) in [5.41, 5.74) is 0.983. The lowest BCUT2D eigenvalue weighted by molar-refractivity contribution is -0.145. The number of ether oxygens (including phenoxy) is 1. The van der Waals surface area contributed by atoms with Crippen LogP contribution in [0.3, 0.4) is 0 Å². The van der Waals surface area contributed by atoms with E-state index in [1.807, 2.05) is 12.1 Å². The van der Waals surface area contributed by atoms with Gasteiger partial charge in [0.1, 0.15) is 6.61 Å². The van der Waals surface area contributed by atoms with Crippen LogP contribution < -0.4 is 0 Å². The van der Waals surface area contributed by atoms with Crippen LogP contribution in [0.2, 0.25) is 0 Å². The molecule has 16 heavy (non-hydrogen) atoms. The first-order chi connectivity index (χ1) is 7.83. The van der Waals surface area contributed by atoms with Crippen molar-refractivity contribution in [2.45, 2.75) is 45.6 Å². The Kier molecular flexibility index (Phi) is 6.23. The molecule has 0 saturated heterocycles. The third-order valence-corrected chi connectivity index (χ3v) is 2.38. The van der Waals surface area contributed by atoms with Crippen LogP contribution in [0, 0.1) is 0 Å². The molecule has 88 valence electrons. The van der Waals surface area contributed by atoms with Crippen molar-refractivity contribution in [3.63, 3.8) is 0 Å². The lowest BCUT2D eigenvalue weighted by atomic mass is 10.1. The predicted octanol–water partition coefficient (Wildman–Crippen LogP) is 3.10. The minimum Gasteiger partial charge on any atom is -0.461 e. The monoisotopic (exact) mass is 221 g/mol. The lowest BCUT2D eigenvalue weighted by Gasteiger charge is -2.04. The highest BCUT2D eigenvalue weighted by molar-refractivity contribution is 5.69. The van der Waals surface area contributed by atoms with Gasteiger partial charge in [0.15, 0.2) is 0 Å². The predicted molar refractivity (Wildman–Crippen MR) is 62.8 cm³/mol. The van der Waals surface area contributed by atoms with Crippen molar-refractivity contribution >= 4 is 5.97 Å². The van der Waals surface area contributed by atoms with E-state index < -0.39 is 0 Å². The van der Waals surface area contributed by atoms with Crippen molar-refractivity contribution in [2.24, 2.45) is 0 Å². The summed E-state index contributed by atoms with van der Waals surface area (Å²) in [5, 5.41) is 0. The van der Waals surface area contributed by atoms with Crippen molar-refractivity contribution in [1.29, 1.82) is 0 Å². The first-order valence-corrected chi connectivity index (χ1v) is 5.87. The topological polar surface area (TPSA) is 39.2 Å². The van der Waals surface area contributed by atoms with Crippen LogP contribution in [0.15, 0.2) is 24.5 Å². The summed E-state index contributed by atoms with van der Waals surface area (Å²) in [5.74, 6) is -0.104. The van der Waals surface area contributed by atoms with Gasteiger partial charge in [-0.15, -0.1) is 0 Å². The average Bonchev–Trinajstić information content (AvgIpc) is 2.33. The SMILES string of the molecule is CCCCCCC(=O)OCc1ccncc1. The van der Waals surface area contributed by atoms with Crippen LogP contribution in [-0.4, -0.2) is 11.0 Å². The van der Waals surface area contributed by atoms with Gasteiger partial charge < -0.3 is 4.74 Å². The van der Waals surface area contributed by atoms with Gasteiger partial charge in [-0.1, -0.05) is 26.2 Å². The van der Waals surface area contributed by atoms with Gasteiger partial charge in [0.2, 0.25) is 0 Å². The molecule has 0 amide bonds. The van der Waals surface area contributed by atoms with E-state index in [1.165, 1.54) is 12.8 Å². The first-order valence-electron chi connectivity index (χ1n) is 5.87. The molecule has 0 saturated carbocycles. The lowest BCUT2D eigenvalue weighted by Crippen LogP contribution is -2.04. The van der Waals surface area contributed by atoms with Crippen LogP contribution in [0.4, 0.5) is 0 Å². The Morgan fingerprint density at radius 2 is 2.00 bits per heavy atom. The number of carbonyl (C=O) groups is 1. The van der Waals surface area contributed by atoms with Gasteiger partial charge in [-0.2, -0.15) is 0 Å². The Balaban J connectivity index is 2.11. The third kappa shape index (κ3) is 5.49. The molecule has 3 nitrogen and oxygen atoms in total. The molecule has 3 heteroatoms. The number of aromatic nitrogens is 1. The highest BCUT2D eigenvalue weighted by atomic mass is 16.5. The molecule has 0 aliphatic rings. The van der Waals surface area contributed by atoms with E-state index in [0.29, 0.717) is 13.0 Å². The molecule has 0 atom stereocenters. The normalized spacial score (nSPS) is 10.1. The Labute approximate surface area is 96.8 Å². The maximum absolute atomic E-state index is 11.3. The van der Waals surface area contributed by atoms with Gasteiger partial charge >= 0.3 is 5.97 Å². The van der Waals surface area contributed by atoms with Crippen LogP contribution in [0.25, 0.3) is 0 Å². The van der Waals surface area contributed by atoms with E-state index in [2.05, 4.69) is 11.9 Å². The fourth-order valence-corrected chi connectivity index (χ4v) is 1.41. The summed E-state index contributed by atoms with van der Waals surface area (Å²) in [7, 11) is 0. The van der Waals surface area contributed by atoms with Crippen molar-refractivity contribution in [2.75, 3.05) is 0 Å². The number of nitrogens with zero attached hydrogens (tertiary/aromatic N) is 1. The summed E-state index contributed by atoms with van der Waals surface area (Å²) in [6.45, 7) is 2.51. The minimum absolute atomic E-state index is 0.104. The smallest absolute Gasteiger partial charge is 0.306 e. The Morgan fingerprint density at radius 1 is 1.25 bits per heavy atom. The molecule has 0 spiro atoms. The van der Waals surface area contributed by atoms with E-state index >= 15 is 0 Å².